The Morgan fingerprint density at radius 2 is 1.90 bits per heavy atom. The average molecular weight is 464 g/mol. The molecule has 0 aliphatic heterocycles. The molecule has 0 spiro atoms. The van der Waals surface area contributed by atoms with E-state index >= 15 is 0 Å². The Morgan fingerprint density at radius 1 is 1.10 bits per heavy atom. The van der Waals surface area contributed by atoms with Crippen molar-refractivity contribution in [1.82, 2.24) is 4.73 Å². The molecule has 0 fully saturated rings. The maximum atomic E-state index is 13.4. The van der Waals surface area contributed by atoms with E-state index in [4.69, 9.17) is 39.8 Å². The first-order valence-electron chi connectivity index (χ1n) is 9.95. The third-order valence-corrected chi connectivity index (χ3v) is 6.57. The third kappa shape index (κ3) is 3.84. The molecule has 1 aliphatic carbocycles. The minimum absolute atomic E-state index is 0.0233. The average Bonchev–Trinajstić information content (AvgIpc) is 2.73. The van der Waals surface area contributed by atoms with Crippen molar-refractivity contribution in [2.24, 2.45) is 4.99 Å². The smallest absolute Gasteiger partial charge is 0.199 e. The lowest BCUT2D eigenvalue weighted by molar-refractivity contribution is 0.186. The van der Waals surface area contributed by atoms with Crippen LogP contribution in [0.4, 0.5) is 0 Å². The number of halogens is 3. The van der Waals surface area contributed by atoms with Gasteiger partial charge < -0.3 is 5.21 Å². The zero-order valence-electron chi connectivity index (χ0n) is 16.5. The fourth-order valence-electron chi connectivity index (χ4n) is 4.04. The van der Waals surface area contributed by atoms with Crippen LogP contribution in [0.15, 0.2) is 46.2 Å². The quantitative estimate of drug-likeness (QED) is 0.354. The Bertz CT molecular complexity index is 1220. The molecule has 0 amide bonds. The van der Waals surface area contributed by atoms with Crippen molar-refractivity contribution in [2.45, 2.75) is 38.5 Å². The van der Waals surface area contributed by atoms with Crippen LogP contribution in [0.5, 0.6) is 0 Å². The van der Waals surface area contributed by atoms with Crippen LogP contribution in [0, 0.1) is 0 Å². The summed E-state index contributed by atoms with van der Waals surface area (Å²) < 4.78 is 1.11. The molecule has 7 heteroatoms. The van der Waals surface area contributed by atoms with E-state index in [-0.39, 0.29) is 11.3 Å². The number of hydrogen-bond acceptors (Lipinski definition) is 3. The van der Waals surface area contributed by atoms with E-state index in [1.165, 1.54) is 0 Å². The van der Waals surface area contributed by atoms with Crippen molar-refractivity contribution in [3.05, 3.63) is 78.5 Å². The second-order valence-electron chi connectivity index (χ2n) is 7.58. The first kappa shape index (κ1) is 21.2. The highest BCUT2D eigenvalue weighted by atomic mass is 35.5. The molecule has 1 heterocycles. The summed E-state index contributed by atoms with van der Waals surface area (Å²) in [6.07, 6.45) is 3.03. The molecule has 1 unspecified atom stereocenters. The van der Waals surface area contributed by atoms with Gasteiger partial charge in [0.25, 0.3) is 0 Å². The maximum absolute atomic E-state index is 13.4. The normalized spacial score (nSPS) is 17.5. The van der Waals surface area contributed by atoms with Crippen molar-refractivity contribution in [2.75, 3.05) is 6.54 Å². The van der Waals surface area contributed by atoms with Crippen molar-refractivity contribution < 1.29 is 5.21 Å². The summed E-state index contributed by atoms with van der Waals surface area (Å²) in [7, 11) is 0. The van der Waals surface area contributed by atoms with Gasteiger partial charge in [-0.3, -0.25) is 9.79 Å². The molecule has 30 heavy (non-hydrogen) atoms. The van der Waals surface area contributed by atoms with E-state index in [1.807, 2.05) is 12.1 Å². The standard InChI is InChI=1S/C23H21Cl3N2O2/c1-2-3-8-27-19-10-14(13-4-6-17(25)18(26)9-13)11-21-22(19)23(29)16-12-15(24)5-7-20(16)28(21)30/h4-7,9,12,14,30H,2-3,8,10-11H2,1H3. The summed E-state index contributed by atoms with van der Waals surface area (Å²) >= 11 is 18.4. The third-order valence-electron chi connectivity index (χ3n) is 5.60. The number of unbranched alkanes of at least 4 members (excludes halogenated alkanes) is 1. The molecule has 1 aromatic heterocycles. The summed E-state index contributed by atoms with van der Waals surface area (Å²) in [6.45, 7) is 2.74. The highest BCUT2D eigenvalue weighted by Crippen LogP contribution is 2.36. The molecule has 1 N–H and O–H groups in total. The predicted molar refractivity (Wildman–Crippen MR) is 124 cm³/mol. The number of hydrogen-bond donors (Lipinski definition) is 1. The zero-order chi connectivity index (χ0) is 21.4. The number of fused-ring (bicyclic) bond motifs is 2. The van der Waals surface area contributed by atoms with Gasteiger partial charge in [-0.15, -0.1) is 0 Å². The first-order chi connectivity index (χ1) is 14.4. The summed E-state index contributed by atoms with van der Waals surface area (Å²) in [5.74, 6) is 0.0233. The monoisotopic (exact) mass is 462 g/mol. The van der Waals surface area contributed by atoms with Gasteiger partial charge in [0.1, 0.15) is 0 Å². The molecule has 4 rings (SSSR count). The molecule has 4 nitrogen and oxygen atoms in total. The van der Waals surface area contributed by atoms with E-state index in [0.717, 1.165) is 28.8 Å². The van der Waals surface area contributed by atoms with E-state index in [1.54, 1.807) is 24.3 Å². The largest absolute Gasteiger partial charge is 0.428 e. The number of aromatic nitrogens is 1. The topological polar surface area (TPSA) is 54.6 Å². The molecule has 0 bridgehead atoms. The van der Waals surface area contributed by atoms with Crippen LogP contribution < -0.4 is 5.43 Å². The summed E-state index contributed by atoms with van der Waals surface area (Å²) in [4.78, 5) is 18.1. The maximum Gasteiger partial charge on any atom is 0.199 e. The number of pyridine rings is 1. The SMILES string of the molecule is CCCCN=C1CC(c2ccc(Cl)c(Cl)c2)Cc2c1c(=O)c1cc(Cl)ccc1n2O. The van der Waals surface area contributed by atoms with E-state index in [0.29, 0.717) is 56.6 Å². The molecule has 1 atom stereocenters. The van der Waals surface area contributed by atoms with Gasteiger partial charge in [0.05, 0.1) is 32.2 Å². The van der Waals surface area contributed by atoms with Gasteiger partial charge in [0.2, 0.25) is 0 Å². The minimum atomic E-state index is -0.143. The Morgan fingerprint density at radius 3 is 2.63 bits per heavy atom. The van der Waals surface area contributed by atoms with Crippen molar-refractivity contribution in [1.29, 1.82) is 0 Å². The molecule has 0 saturated carbocycles. The number of benzene rings is 2. The van der Waals surface area contributed by atoms with E-state index < -0.39 is 0 Å². The first-order valence-corrected chi connectivity index (χ1v) is 11.1. The lowest BCUT2D eigenvalue weighted by atomic mass is 9.80. The van der Waals surface area contributed by atoms with E-state index in [9.17, 15) is 10.0 Å². The second-order valence-corrected chi connectivity index (χ2v) is 8.84. The summed E-state index contributed by atoms with van der Waals surface area (Å²) in [5.41, 5.74) is 3.06. The van der Waals surface area contributed by atoms with Crippen LogP contribution in [0.2, 0.25) is 15.1 Å². The Labute approximate surface area is 189 Å². The lowest BCUT2D eigenvalue weighted by Gasteiger charge is -2.28. The minimum Gasteiger partial charge on any atom is -0.428 e. The fraction of sp³-hybridized carbons (Fsp3) is 0.304. The van der Waals surface area contributed by atoms with Gasteiger partial charge >= 0.3 is 0 Å². The van der Waals surface area contributed by atoms with Crippen LogP contribution in [0.25, 0.3) is 10.9 Å². The van der Waals surface area contributed by atoms with Crippen molar-refractivity contribution >= 4 is 51.4 Å². The van der Waals surface area contributed by atoms with Gasteiger partial charge in [-0.05, 0) is 61.1 Å². The summed E-state index contributed by atoms with van der Waals surface area (Å²) in [6, 6.07) is 10.5. The number of rotatable bonds is 4. The van der Waals surface area contributed by atoms with Gasteiger partial charge in [0, 0.05) is 17.3 Å². The predicted octanol–water partition coefficient (Wildman–Crippen LogP) is 6.52. The van der Waals surface area contributed by atoms with Crippen LogP contribution in [-0.4, -0.2) is 22.2 Å². The van der Waals surface area contributed by atoms with Gasteiger partial charge in [-0.25, -0.2) is 0 Å². The Balaban J connectivity index is 1.91. The molecule has 0 radical (unpaired) electrons. The zero-order valence-corrected chi connectivity index (χ0v) is 18.7. The van der Waals surface area contributed by atoms with Crippen LogP contribution in [0.1, 0.15) is 48.9 Å². The van der Waals surface area contributed by atoms with Crippen LogP contribution in [-0.2, 0) is 6.42 Å². The lowest BCUT2D eigenvalue weighted by Crippen LogP contribution is -2.31. The van der Waals surface area contributed by atoms with Crippen LogP contribution in [0.3, 0.4) is 0 Å². The fourth-order valence-corrected chi connectivity index (χ4v) is 4.52. The summed E-state index contributed by atoms with van der Waals surface area (Å²) in [5, 5.41) is 12.8. The van der Waals surface area contributed by atoms with Gasteiger partial charge in [0.15, 0.2) is 5.43 Å². The molecule has 1 aliphatic rings. The van der Waals surface area contributed by atoms with Crippen molar-refractivity contribution in [3.8, 4) is 0 Å². The molecular formula is C23H21Cl3N2O2. The number of aliphatic imine (C=N–C) groups is 1. The molecular weight excluding hydrogens is 443 g/mol. The second kappa shape index (κ2) is 8.62. The molecule has 3 aromatic rings. The van der Waals surface area contributed by atoms with Crippen molar-refractivity contribution in [3.63, 3.8) is 0 Å². The Hall–Kier alpha value is -2.01. The van der Waals surface area contributed by atoms with Gasteiger partial charge in [-0.1, -0.05) is 54.2 Å². The highest BCUT2D eigenvalue weighted by molar-refractivity contribution is 6.42. The molecule has 156 valence electrons. The number of nitrogens with zero attached hydrogens (tertiary/aromatic N) is 2. The van der Waals surface area contributed by atoms with Gasteiger partial charge in [-0.2, -0.15) is 4.73 Å². The van der Waals surface area contributed by atoms with Crippen LogP contribution >= 0.6 is 34.8 Å². The molecule has 2 aromatic carbocycles. The van der Waals surface area contributed by atoms with E-state index in [2.05, 4.69) is 6.92 Å². The Kier molecular flexibility index (Phi) is 6.10. The highest BCUT2D eigenvalue weighted by Gasteiger charge is 2.31. The molecule has 0 saturated heterocycles.